The molecule has 23 heavy (non-hydrogen) atoms. The summed E-state index contributed by atoms with van der Waals surface area (Å²) in [5, 5.41) is 0. The van der Waals surface area contributed by atoms with Crippen molar-refractivity contribution >= 4 is 15.7 Å². The number of nitrogens with zero attached hydrogens (tertiary/aromatic N) is 1. The molecule has 1 atom stereocenters. The SMILES string of the molecule is CCOc1ccc2c(c1)CN(C(=O)C[C@H]1CCS(=O)(=O)C1)CC2. The number of benzene rings is 1. The minimum Gasteiger partial charge on any atom is -0.494 e. The number of carbonyl (C=O) groups excluding carboxylic acids is 1. The van der Waals surface area contributed by atoms with Gasteiger partial charge in [0.1, 0.15) is 5.75 Å². The minimum absolute atomic E-state index is 0.0105. The molecule has 0 radical (unpaired) electrons. The maximum atomic E-state index is 12.5. The Bertz CT molecular complexity index is 699. The van der Waals surface area contributed by atoms with Crippen molar-refractivity contribution in [3.8, 4) is 5.75 Å². The van der Waals surface area contributed by atoms with Crippen LogP contribution >= 0.6 is 0 Å². The molecule has 1 amide bonds. The number of sulfone groups is 1. The summed E-state index contributed by atoms with van der Waals surface area (Å²) in [5.74, 6) is 1.29. The molecule has 0 aromatic heterocycles. The number of hydrogen-bond acceptors (Lipinski definition) is 4. The summed E-state index contributed by atoms with van der Waals surface area (Å²) in [6.07, 6.45) is 1.81. The number of ether oxygens (including phenoxy) is 1. The van der Waals surface area contributed by atoms with E-state index in [-0.39, 0.29) is 23.3 Å². The Morgan fingerprint density at radius 2 is 2.17 bits per heavy atom. The van der Waals surface area contributed by atoms with E-state index in [0.717, 1.165) is 17.7 Å². The van der Waals surface area contributed by atoms with E-state index < -0.39 is 9.84 Å². The Labute approximate surface area is 137 Å². The van der Waals surface area contributed by atoms with Crippen LogP contribution in [0, 0.1) is 5.92 Å². The van der Waals surface area contributed by atoms with Gasteiger partial charge in [-0.05, 0) is 48.9 Å². The zero-order valence-electron chi connectivity index (χ0n) is 13.5. The first-order chi connectivity index (χ1) is 11.0. The van der Waals surface area contributed by atoms with Crippen LogP contribution in [0.25, 0.3) is 0 Å². The highest BCUT2D eigenvalue weighted by Gasteiger charge is 2.31. The van der Waals surface area contributed by atoms with Crippen molar-refractivity contribution in [2.75, 3.05) is 24.7 Å². The standard InChI is InChI=1S/C17H23NO4S/c1-2-22-16-4-3-14-5-7-18(11-15(14)10-16)17(19)9-13-6-8-23(20,21)12-13/h3-4,10,13H,2,5-9,11-12H2,1H3/t13-/m1/s1. The van der Waals surface area contributed by atoms with Crippen molar-refractivity contribution in [1.82, 2.24) is 4.90 Å². The molecule has 126 valence electrons. The normalized spacial score (nSPS) is 22.7. The van der Waals surface area contributed by atoms with Crippen molar-refractivity contribution < 1.29 is 17.9 Å². The van der Waals surface area contributed by atoms with Gasteiger partial charge in [-0.1, -0.05) is 6.07 Å². The predicted molar refractivity (Wildman–Crippen MR) is 88.1 cm³/mol. The number of carbonyl (C=O) groups is 1. The smallest absolute Gasteiger partial charge is 0.223 e. The Balaban J connectivity index is 1.64. The van der Waals surface area contributed by atoms with E-state index in [4.69, 9.17) is 4.74 Å². The molecule has 0 saturated carbocycles. The first kappa shape index (κ1) is 16.3. The fourth-order valence-corrected chi connectivity index (χ4v) is 5.27. The summed E-state index contributed by atoms with van der Waals surface area (Å²) in [6.45, 7) is 3.87. The maximum Gasteiger partial charge on any atom is 0.223 e. The van der Waals surface area contributed by atoms with Crippen LogP contribution in [0.5, 0.6) is 5.75 Å². The molecule has 1 aromatic carbocycles. The molecule has 1 aromatic rings. The zero-order chi connectivity index (χ0) is 16.4. The summed E-state index contributed by atoms with van der Waals surface area (Å²) >= 11 is 0. The summed E-state index contributed by atoms with van der Waals surface area (Å²) in [4.78, 5) is 14.3. The number of rotatable bonds is 4. The summed E-state index contributed by atoms with van der Waals surface area (Å²) < 4.78 is 28.6. The first-order valence-corrected chi connectivity index (χ1v) is 10.0. The number of fused-ring (bicyclic) bond motifs is 1. The van der Waals surface area contributed by atoms with E-state index in [9.17, 15) is 13.2 Å². The van der Waals surface area contributed by atoms with Gasteiger partial charge in [-0.3, -0.25) is 4.79 Å². The van der Waals surface area contributed by atoms with E-state index in [1.54, 1.807) is 0 Å². The first-order valence-electron chi connectivity index (χ1n) is 8.19. The van der Waals surface area contributed by atoms with E-state index in [0.29, 0.717) is 32.5 Å². The highest BCUT2D eigenvalue weighted by Crippen LogP contribution is 2.27. The Morgan fingerprint density at radius 3 is 2.87 bits per heavy atom. The lowest BCUT2D eigenvalue weighted by Crippen LogP contribution is -2.37. The van der Waals surface area contributed by atoms with Gasteiger partial charge in [-0.2, -0.15) is 0 Å². The average molecular weight is 337 g/mol. The third kappa shape index (κ3) is 3.86. The second kappa shape index (κ2) is 6.51. The molecule has 2 aliphatic heterocycles. The van der Waals surface area contributed by atoms with Crippen molar-refractivity contribution in [2.45, 2.75) is 32.7 Å². The number of hydrogen-bond donors (Lipinski definition) is 0. The van der Waals surface area contributed by atoms with Gasteiger partial charge in [0.25, 0.3) is 0 Å². The molecule has 5 nitrogen and oxygen atoms in total. The number of amides is 1. The molecule has 1 saturated heterocycles. The maximum absolute atomic E-state index is 12.5. The van der Waals surface area contributed by atoms with Crippen LogP contribution in [0.2, 0.25) is 0 Å². The lowest BCUT2D eigenvalue weighted by molar-refractivity contribution is -0.132. The van der Waals surface area contributed by atoms with Crippen molar-refractivity contribution in [3.63, 3.8) is 0 Å². The minimum atomic E-state index is -2.92. The zero-order valence-corrected chi connectivity index (χ0v) is 14.3. The Hall–Kier alpha value is -1.56. The van der Waals surface area contributed by atoms with Crippen LogP contribution in [0.15, 0.2) is 18.2 Å². The summed E-state index contributed by atoms with van der Waals surface area (Å²) in [6, 6.07) is 6.06. The van der Waals surface area contributed by atoms with E-state index >= 15 is 0 Å². The largest absolute Gasteiger partial charge is 0.494 e. The summed E-state index contributed by atoms with van der Waals surface area (Å²) in [7, 11) is -2.92. The summed E-state index contributed by atoms with van der Waals surface area (Å²) in [5.41, 5.74) is 2.40. The topological polar surface area (TPSA) is 63.7 Å². The van der Waals surface area contributed by atoms with Gasteiger partial charge >= 0.3 is 0 Å². The highest BCUT2D eigenvalue weighted by atomic mass is 32.2. The van der Waals surface area contributed by atoms with Gasteiger partial charge in [-0.25, -0.2) is 8.42 Å². The van der Waals surface area contributed by atoms with Crippen molar-refractivity contribution in [2.24, 2.45) is 5.92 Å². The van der Waals surface area contributed by atoms with Crippen LogP contribution in [-0.2, 0) is 27.6 Å². The Morgan fingerprint density at radius 1 is 1.35 bits per heavy atom. The van der Waals surface area contributed by atoms with Crippen LogP contribution in [0.1, 0.15) is 30.9 Å². The molecule has 0 unspecified atom stereocenters. The molecule has 0 bridgehead atoms. The third-order valence-electron chi connectivity index (χ3n) is 4.64. The molecule has 2 heterocycles. The van der Waals surface area contributed by atoms with Crippen LogP contribution in [0.4, 0.5) is 0 Å². The molecule has 0 spiro atoms. The predicted octanol–water partition coefficient (Wildman–Crippen LogP) is 1.79. The van der Waals surface area contributed by atoms with Crippen molar-refractivity contribution in [3.05, 3.63) is 29.3 Å². The monoisotopic (exact) mass is 337 g/mol. The van der Waals surface area contributed by atoms with Gasteiger partial charge in [0.2, 0.25) is 5.91 Å². The van der Waals surface area contributed by atoms with E-state index in [1.165, 1.54) is 5.56 Å². The average Bonchev–Trinajstić information content (AvgIpc) is 2.85. The van der Waals surface area contributed by atoms with Crippen molar-refractivity contribution in [1.29, 1.82) is 0 Å². The quantitative estimate of drug-likeness (QED) is 0.840. The molecular weight excluding hydrogens is 314 g/mol. The van der Waals surface area contributed by atoms with Gasteiger partial charge in [0.15, 0.2) is 9.84 Å². The van der Waals surface area contributed by atoms with Gasteiger partial charge in [0, 0.05) is 19.5 Å². The Kier molecular flexibility index (Phi) is 4.62. The van der Waals surface area contributed by atoms with Gasteiger partial charge < -0.3 is 9.64 Å². The molecule has 6 heteroatoms. The highest BCUT2D eigenvalue weighted by molar-refractivity contribution is 7.91. The molecule has 3 rings (SSSR count). The second-order valence-corrected chi connectivity index (χ2v) is 8.63. The molecule has 2 aliphatic rings. The second-order valence-electron chi connectivity index (χ2n) is 6.40. The molecule has 1 fully saturated rings. The molecule has 0 aliphatic carbocycles. The van der Waals surface area contributed by atoms with Crippen LogP contribution in [-0.4, -0.2) is 43.9 Å². The van der Waals surface area contributed by atoms with E-state index in [2.05, 4.69) is 6.07 Å². The lowest BCUT2D eigenvalue weighted by atomic mass is 9.98. The van der Waals surface area contributed by atoms with E-state index in [1.807, 2.05) is 24.0 Å². The van der Waals surface area contributed by atoms with Crippen LogP contribution in [0.3, 0.4) is 0 Å². The fraction of sp³-hybridized carbons (Fsp3) is 0.588. The van der Waals surface area contributed by atoms with Gasteiger partial charge in [-0.15, -0.1) is 0 Å². The van der Waals surface area contributed by atoms with Crippen LogP contribution < -0.4 is 4.74 Å². The lowest BCUT2D eigenvalue weighted by Gasteiger charge is -2.30. The molecule has 0 N–H and O–H groups in total. The van der Waals surface area contributed by atoms with Gasteiger partial charge in [0.05, 0.1) is 18.1 Å². The fourth-order valence-electron chi connectivity index (χ4n) is 3.41. The third-order valence-corrected chi connectivity index (χ3v) is 6.48. The molecular formula is C17H23NO4S.